The van der Waals surface area contributed by atoms with E-state index in [1.807, 2.05) is 0 Å². The summed E-state index contributed by atoms with van der Waals surface area (Å²) in [4.78, 5) is 0. The predicted octanol–water partition coefficient (Wildman–Crippen LogP) is -11.8. The first-order valence-electron chi connectivity index (χ1n) is 2.10. The average molecular weight is 914 g/mol. The van der Waals surface area contributed by atoms with Crippen LogP contribution in [0, 0.1) is 74.6 Å². The fourth-order valence-electron chi connectivity index (χ4n) is 0. The Morgan fingerprint density at radius 1 is 0.320 bits per heavy atom. The van der Waals surface area contributed by atoms with Gasteiger partial charge in [-0.1, -0.05) is 0 Å². The first kappa shape index (κ1) is 92.4. The summed E-state index contributed by atoms with van der Waals surface area (Å²) in [6.45, 7) is 0. The second-order valence-electron chi connectivity index (χ2n) is 1.34. The molecule has 22 N–H and O–H groups in total. The van der Waals surface area contributed by atoms with Crippen molar-refractivity contribution in [2.45, 2.75) is 0 Å². The topological polar surface area (TPSA) is 476 Å². The van der Waals surface area contributed by atoms with E-state index < -0.39 is 40.1 Å². The fraction of sp³-hybridized carbons (Fsp3) is 0. The van der Waals surface area contributed by atoms with Gasteiger partial charge in [-0.2, -0.15) is 0 Å². The summed E-state index contributed by atoms with van der Waals surface area (Å²) in [5.74, 6) is 0. The van der Waals surface area contributed by atoms with Gasteiger partial charge in [-0.15, -0.1) is 0 Å². The Labute approximate surface area is 204 Å². The third-order valence-electron chi connectivity index (χ3n) is 0. The zero-order chi connectivity index (χ0) is 13.5. The molecule has 0 aliphatic carbocycles. The van der Waals surface area contributed by atoms with E-state index in [1.165, 1.54) is 0 Å². The molecule has 0 bridgehead atoms. The van der Waals surface area contributed by atoms with E-state index in [4.69, 9.17) is 48.1 Å². The SMILES string of the molecule is O.O.O.O.O.O.O.O.O=[Se](=O)(O)O.O=[Se](=O)(O)O.O=[Se](=O)(O)O.[Er].[Er]. The molecule has 20 nitrogen and oxygen atoms in total. The van der Waals surface area contributed by atoms with Crippen LogP contribution in [0.3, 0.4) is 0 Å². The van der Waals surface area contributed by atoms with Crippen molar-refractivity contribution in [3.05, 3.63) is 0 Å². The van der Waals surface area contributed by atoms with Crippen LogP contribution in [-0.4, -0.2) is 109 Å². The number of rotatable bonds is 0. The summed E-state index contributed by atoms with van der Waals surface area (Å²) in [5, 5.41) is 0. The molecule has 0 saturated carbocycles. The van der Waals surface area contributed by atoms with Crippen molar-refractivity contribution in [2.75, 3.05) is 0 Å². The standard InChI is InChI=1S/2Er.3H2O4Se.8H2O/c;;3*1-5(2,3)4;;;;;;;;/h;;3*(H2,1,2,3,4);8*1H2. The Balaban J connectivity index is -0.00000000655. The van der Waals surface area contributed by atoms with Crippen molar-refractivity contribution < 1.29 is 167 Å². The minimum Gasteiger partial charge on any atom is 0 e. The molecule has 0 unspecified atom stereocenters. The zero-order valence-corrected chi connectivity index (χ0v) is 19.8. The summed E-state index contributed by atoms with van der Waals surface area (Å²) >= 11 is -15.8. The third-order valence-corrected chi connectivity index (χ3v) is 0. The molecule has 0 spiro atoms. The Morgan fingerprint density at radius 2 is 0.320 bits per heavy atom. The normalized spacial score (nSPS) is 6.96. The third kappa shape index (κ3) is 2950. The quantitative estimate of drug-likeness (QED) is 0.123. The van der Waals surface area contributed by atoms with Crippen LogP contribution in [0.25, 0.3) is 0 Å². The number of hydrogen-bond acceptors (Lipinski definition) is 6. The van der Waals surface area contributed by atoms with Gasteiger partial charge in [0.15, 0.2) is 0 Å². The van der Waals surface area contributed by atoms with Crippen molar-refractivity contribution in [3.63, 3.8) is 0 Å². The van der Waals surface area contributed by atoms with Crippen molar-refractivity contribution in [3.8, 4) is 0 Å². The van der Waals surface area contributed by atoms with Crippen molar-refractivity contribution in [2.24, 2.45) is 0 Å². The Morgan fingerprint density at radius 3 is 0.320 bits per heavy atom. The second-order valence-corrected chi connectivity index (χ2v) is 6.98. The van der Waals surface area contributed by atoms with Gasteiger partial charge in [0.05, 0.1) is 0 Å². The van der Waals surface area contributed by atoms with E-state index >= 15 is 0 Å². The van der Waals surface area contributed by atoms with E-state index in [0.717, 1.165) is 0 Å². The minimum atomic E-state index is -5.25. The van der Waals surface area contributed by atoms with Crippen LogP contribution < -0.4 is 0 Å². The monoisotopic (exact) mass is 914 g/mol. The van der Waals surface area contributed by atoms with E-state index in [2.05, 4.69) is 0 Å². The van der Waals surface area contributed by atoms with Gasteiger partial charge >= 0.3 is 88.2 Å². The summed E-state index contributed by atoms with van der Waals surface area (Å²) in [6.07, 6.45) is 0. The van der Waals surface area contributed by atoms with Gasteiger partial charge in [0.1, 0.15) is 0 Å². The van der Waals surface area contributed by atoms with Crippen LogP contribution in [0.1, 0.15) is 0 Å². The summed E-state index contributed by atoms with van der Waals surface area (Å²) in [7, 11) is 0. The maximum absolute atomic E-state index is 8.82. The molecule has 0 aliphatic rings. The molecule has 0 amide bonds. The van der Waals surface area contributed by atoms with Crippen LogP contribution in [0.2, 0.25) is 0 Å². The molecular weight excluding hydrogens is 891 g/mol. The first-order chi connectivity index (χ1) is 6.00. The molecule has 184 valence electrons. The minimum absolute atomic E-state index is 0. The molecular formula is H22Er2O20Se3. The predicted molar refractivity (Wildman–Crippen MR) is 63.6 cm³/mol. The van der Waals surface area contributed by atoms with Gasteiger partial charge in [0.2, 0.25) is 0 Å². The van der Waals surface area contributed by atoms with E-state index in [9.17, 15) is 0 Å². The van der Waals surface area contributed by atoms with E-state index in [1.54, 1.807) is 0 Å². The summed E-state index contributed by atoms with van der Waals surface area (Å²) < 4.78 is 95.6. The molecule has 0 heterocycles. The van der Waals surface area contributed by atoms with Crippen LogP contribution >= 0.6 is 0 Å². The smallest absolute Gasteiger partial charge is 0 e. The molecule has 0 saturated heterocycles. The molecule has 0 rings (SSSR count). The Hall–Kier alpha value is 2.29. The second kappa shape index (κ2) is 40.8. The van der Waals surface area contributed by atoms with Gasteiger partial charge in [-0.3, -0.25) is 0 Å². The van der Waals surface area contributed by atoms with Crippen LogP contribution in [0.4, 0.5) is 0 Å². The van der Waals surface area contributed by atoms with Crippen molar-refractivity contribution in [1.29, 1.82) is 0 Å². The average Bonchev–Trinajstić information content (AvgIpc) is 1.41. The molecule has 0 fully saturated rings. The Kier molecular flexibility index (Phi) is 151. The van der Waals surface area contributed by atoms with Crippen molar-refractivity contribution >= 4 is 40.1 Å². The Bertz CT molecular complexity index is 344. The fourth-order valence-corrected chi connectivity index (χ4v) is 0. The van der Waals surface area contributed by atoms with E-state index in [0.29, 0.717) is 0 Å². The molecule has 25 heteroatoms. The van der Waals surface area contributed by atoms with E-state index in [-0.39, 0.29) is 118 Å². The summed E-state index contributed by atoms with van der Waals surface area (Å²) in [5.41, 5.74) is 0. The maximum atomic E-state index is 8.82. The number of hydrogen-bond donors (Lipinski definition) is 6. The van der Waals surface area contributed by atoms with Gasteiger partial charge in [-0.25, -0.2) is 0 Å². The van der Waals surface area contributed by atoms with Gasteiger partial charge in [0.25, 0.3) is 0 Å². The molecule has 25 heavy (non-hydrogen) atoms. The molecule has 0 atom stereocenters. The zero-order valence-electron chi connectivity index (χ0n) is 10.9. The van der Waals surface area contributed by atoms with Crippen LogP contribution in [0.15, 0.2) is 0 Å². The van der Waals surface area contributed by atoms with Gasteiger partial charge in [-0.05, 0) is 0 Å². The molecule has 0 aromatic carbocycles. The molecule has 0 radical (unpaired) electrons. The summed E-state index contributed by atoms with van der Waals surface area (Å²) in [6, 6.07) is 0. The molecule has 0 aromatic rings. The van der Waals surface area contributed by atoms with Gasteiger partial charge < -0.3 is 43.8 Å². The molecule has 0 aromatic heterocycles. The van der Waals surface area contributed by atoms with Crippen LogP contribution in [0.5, 0.6) is 0 Å². The van der Waals surface area contributed by atoms with Crippen molar-refractivity contribution in [1.82, 2.24) is 0 Å². The first-order valence-corrected chi connectivity index (χ1v) is 10.9. The molecule has 0 aliphatic heterocycles. The van der Waals surface area contributed by atoms with Gasteiger partial charge in [0, 0.05) is 74.6 Å². The van der Waals surface area contributed by atoms with Crippen LogP contribution in [-0.2, 0) is 23.0 Å². The largest absolute Gasteiger partial charge is 0 e. The maximum Gasteiger partial charge on any atom is 0 e.